The molecule has 0 aliphatic rings. The summed E-state index contributed by atoms with van der Waals surface area (Å²) in [6, 6.07) is 0. The van der Waals surface area contributed by atoms with Gasteiger partial charge in [0.2, 0.25) is 0 Å². The van der Waals surface area contributed by atoms with E-state index in [-0.39, 0.29) is 31.1 Å². The van der Waals surface area contributed by atoms with Crippen molar-refractivity contribution in [2.75, 3.05) is 13.2 Å². The van der Waals surface area contributed by atoms with E-state index in [1.165, 1.54) is 161 Å². The van der Waals surface area contributed by atoms with Crippen LogP contribution in [-0.2, 0) is 28.6 Å². The lowest BCUT2D eigenvalue weighted by Crippen LogP contribution is -2.30. The van der Waals surface area contributed by atoms with Crippen LogP contribution >= 0.6 is 0 Å². The highest BCUT2D eigenvalue weighted by molar-refractivity contribution is 5.71. The van der Waals surface area contributed by atoms with Crippen LogP contribution in [-0.4, -0.2) is 37.2 Å². The summed E-state index contributed by atoms with van der Waals surface area (Å²) in [5.74, 6) is -0.890. The van der Waals surface area contributed by atoms with Gasteiger partial charge in [-0.1, -0.05) is 272 Å². The van der Waals surface area contributed by atoms with Gasteiger partial charge in [-0.3, -0.25) is 14.4 Å². The molecule has 0 bridgehead atoms. The van der Waals surface area contributed by atoms with Crippen LogP contribution in [0.3, 0.4) is 0 Å². The van der Waals surface area contributed by atoms with Crippen LogP contribution in [0.15, 0.2) is 97.2 Å². The molecule has 1 unspecified atom stereocenters. The number of rotatable bonds is 59. The highest BCUT2D eigenvalue weighted by Gasteiger charge is 2.19. The number of unbranched alkanes of at least 4 members (excludes halogenated alkanes) is 32. The third kappa shape index (κ3) is 63.0. The molecule has 0 aromatic heterocycles. The SMILES string of the molecule is CC/C=C\C/C=C\C/C=C\C/C=C\C/C=C\C/C=C\CCCCCCCCCCCCCCCCC(=O)OCC(COC(=O)CCCCCCC/C=C\CCCCC)OC(=O)CCCCCCC/C=C\CCCCCCC. The second-order valence-electron chi connectivity index (χ2n) is 21.6. The fourth-order valence-electron chi connectivity index (χ4n) is 9.14. The molecule has 1 atom stereocenters. The Morgan fingerprint density at radius 3 is 0.831 bits per heavy atom. The molecule has 77 heavy (non-hydrogen) atoms. The third-order valence-electron chi connectivity index (χ3n) is 14.0. The van der Waals surface area contributed by atoms with E-state index in [1.54, 1.807) is 0 Å². The summed E-state index contributed by atoms with van der Waals surface area (Å²) in [4.78, 5) is 38.2. The first-order valence-electron chi connectivity index (χ1n) is 32.7. The molecule has 0 spiro atoms. The number of hydrogen-bond acceptors (Lipinski definition) is 6. The number of hydrogen-bond donors (Lipinski definition) is 0. The van der Waals surface area contributed by atoms with Crippen molar-refractivity contribution in [3.63, 3.8) is 0 Å². The smallest absolute Gasteiger partial charge is 0.306 e. The first-order chi connectivity index (χ1) is 38.0. The molecule has 0 heterocycles. The highest BCUT2D eigenvalue weighted by Crippen LogP contribution is 2.16. The lowest BCUT2D eigenvalue weighted by atomic mass is 10.0. The minimum Gasteiger partial charge on any atom is -0.462 e. The van der Waals surface area contributed by atoms with Gasteiger partial charge in [0.05, 0.1) is 0 Å². The van der Waals surface area contributed by atoms with E-state index in [2.05, 4.69) is 118 Å². The molecule has 0 rings (SSSR count). The van der Waals surface area contributed by atoms with Crippen LogP contribution in [0.5, 0.6) is 0 Å². The van der Waals surface area contributed by atoms with Crippen molar-refractivity contribution in [1.29, 1.82) is 0 Å². The average molecular weight is 1070 g/mol. The Balaban J connectivity index is 4.16. The highest BCUT2D eigenvalue weighted by atomic mass is 16.6. The van der Waals surface area contributed by atoms with Crippen LogP contribution in [0, 0.1) is 0 Å². The van der Waals surface area contributed by atoms with E-state index in [0.717, 1.165) is 116 Å². The predicted octanol–water partition coefficient (Wildman–Crippen LogP) is 22.4. The van der Waals surface area contributed by atoms with E-state index in [0.29, 0.717) is 19.3 Å². The third-order valence-corrected chi connectivity index (χ3v) is 14.0. The summed E-state index contributed by atoms with van der Waals surface area (Å²) in [6.45, 7) is 6.50. The van der Waals surface area contributed by atoms with Gasteiger partial charge in [0, 0.05) is 19.3 Å². The molecule has 442 valence electrons. The maximum Gasteiger partial charge on any atom is 0.306 e. The second-order valence-corrected chi connectivity index (χ2v) is 21.6. The Morgan fingerprint density at radius 1 is 0.273 bits per heavy atom. The monoisotopic (exact) mass is 1070 g/mol. The fraction of sp³-hybridized carbons (Fsp3) is 0.732. The standard InChI is InChI=1S/C71H122O6/c1-4-7-10-13-16-19-22-25-27-28-29-30-31-32-33-34-35-36-37-38-39-40-41-42-43-44-45-47-49-52-55-58-61-64-70(73)76-67-68(66-75-69(72)63-60-57-54-51-48-24-21-18-15-12-9-6-3)77-71(74)65-62-59-56-53-50-46-26-23-20-17-14-11-8-5-2/h7,10,16,18-19,21,23,25-27,29-30,32-33,35-36,68H,4-6,8-9,11-15,17,20,22,24,28,31,34,37-67H2,1-3H3/b10-7-,19-16-,21-18-,26-23-,27-25-,30-29-,33-32-,36-35-. The van der Waals surface area contributed by atoms with Crippen molar-refractivity contribution in [3.8, 4) is 0 Å². The first kappa shape index (κ1) is 73.3. The van der Waals surface area contributed by atoms with Crippen molar-refractivity contribution in [3.05, 3.63) is 97.2 Å². The zero-order valence-corrected chi connectivity index (χ0v) is 50.7. The van der Waals surface area contributed by atoms with E-state index in [9.17, 15) is 14.4 Å². The topological polar surface area (TPSA) is 78.9 Å². The Bertz CT molecular complexity index is 1510. The lowest BCUT2D eigenvalue weighted by molar-refractivity contribution is -0.167. The zero-order chi connectivity index (χ0) is 55.7. The molecule has 6 nitrogen and oxygen atoms in total. The number of esters is 3. The quantitative estimate of drug-likeness (QED) is 0.0261. The Labute approximate surface area is 477 Å². The number of carbonyl (C=O) groups is 3. The van der Waals surface area contributed by atoms with E-state index >= 15 is 0 Å². The minimum atomic E-state index is -0.784. The van der Waals surface area contributed by atoms with Crippen LogP contribution in [0.2, 0.25) is 0 Å². The van der Waals surface area contributed by atoms with Gasteiger partial charge in [0.15, 0.2) is 6.10 Å². The summed E-state index contributed by atoms with van der Waals surface area (Å²) in [7, 11) is 0. The molecule has 0 saturated carbocycles. The van der Waals surface area contributed by atoms with Crippen molar-refractivity contribution in [2.45, 2.75) is 322 Å². The molecule has 0 saturated heterocycles. The molecule has 0 fully saturated rings. The van der Waals surface area contributed by atoms with Gasteiger partial charge < -0.3 is 14.2 Å². The fourth-order valence-corrected chi connectivity index (χ4v) is 9.14. The van der Waals surface area contributed by atoms with Crippen molar-refractivity contribution < 1.29 is 28.6 Å². The van der Waals surface area contributed by atoms with Crippen molar-refractivity contribution in [1.82, 2.24) is 0 Å². The van der Waals surface area contributed by atoms with Gasteiger partial charge >= 0.3 is 17.9 Å². The average Bonchev–Trinajstić information content (AvgIpc) is 3.43. The summed E-state index contributed by atoms with van der Waals surface area (Å²) in [6.07, 6.45) is 87.1. The predicted molar refractivity (Wildman–Crippen MR) is 334 cm³/mol. The van der Waals surface area contributed by atoms with Gasteiger partial charge in [-0.25, -0.2) is 0 Å². The van der Waals surface area contributed by atoms with E-state index in [1.807, 2.05) is 0 Å². The number of ether oxygens (including phenoxy) is 3. The van der Waals surface area contributed by atoms with Crippen LogP contribution in [0.25, 0.3) is 0 Å². The van der Waals surface area contributed by atoms with Crippen molar-refractivity contribution >= 4 is 17.9 Å². The molecule has 0 aromatic carbocycles. The zero-order valence-electron chi connectivity index (χ0n) is 50.7. The van der Waals surface area contributed by atoms with Gasteiger partial charge in [0.25, 0.3) is 0 Å². The molecule has 6 heteroatoms. The maximum atomic E-state index is 12.9. The molecule has 0 aliphatic heterocycles. The summed E-state index contributed by atoms with van der Waals surface area (Å²) >= 11 is 0. The van der Waals surface area contributed by atoms with Gasteiger partial charge in [-0.05, 0) is 122 Å². The molecule has 0 aliphatic carbocycles. The number of allylic oxidation sites excluding steroid dienone is 16. The van der Waals surface area contributed by atoms with Gasteiger partial charge in [-0.15, -0.1) is 0 Å². The molecule has 0 radical (unpaired) electrons. The maximum absolute atomic E-state index is 12.9. The Morgan fingerprint density at radius 2 is 0.506 bits per heavy atom. The molecule has 0 N–H and O–H groups in total. The number of carbonyl (C=O) groups excluding carboxylic acids is 3. The minimum absolute atomic E-state index is 0.0811. The Kier molecular flexibility index (Phi) is 61.8. The molecule has 0 aromatic rings. The molecule has 0 amide bonds. The van der Waals surface area contributed by atoms with E-state index < -0.39 is 6.10 Å². The normalized spacial score (nSPS) is 12.7. The van der Waals surface area contributed by atoms with Crippen molar-refractivity contribution in [2.24, 2.45) is 0 Å². The summed E-state index contributed by atoms with van der Waals surface area (Å²) in [5.41, 5.74) is 0. The van der Waals surface area contributed by atoms with E-state index in [4.69, 9.17) is 14.2 Å². The van der Waals surface area contributed by atoms with Crippen LogP contribution < -0.4 is 0 Å². The summed E-state index contributed by atoms with van der Waals surface area (Å²) in [5, 5.41) is 0. The van der Waals surface area contributed by atoms with Crippen LogP contribution in [0.1, 0.15) is 316 Å². The second kappa shape index (κ2) is 64.9. The summed E-state index contributed by atoms with van der Waals surface area (Å²) < 4.78 is 16.9. The molecular weight excluding hydrogens is 949 g/mol. The lowest BCUT2D eigenvalue weighted by Gasteiger charge is -2.18. The molecular formula is C71H122O6. The van der Waals surface area contributed by atoms with Crippen LogP contribution in [0.4, 0.5) is 0 Å². The first-order valence-corrected chi connectivity index (χ1v) is 32.7. The van der Waals surface area contributed by atoms with Gasteiger partial charge in [-0.2, -0.15) is 0 Å². The largest absolute Gasteiger partial charge is 0.462 e. The van der Waals surface area contributed by atoms with Gasteiger partial charge in [0.1, 0.15) is 13.2 Å². The Hall–Kier alpha value is -3.67.